The van der Waals surface area contributed by atoms with Gasteiger partial charge in [0.1, 0.15) is 30.1 Å². The van der Waals surface area contributed by atoms with Crippen molar-refractivity contribution in [2.24, 2.45) is 35.5 Å². The molecule has 4 aliphatic rings. The minimum Gasteiger partial charge on any atom is -0.460 e. The fourth-order valence-corrected chi connectivity index (χ4v) is 10.7. The first-order valence-corrected chi connectivity index (χ1v) is 25.0. The van der Waals surface area contributed by atoms with Gasteiger partial charge in [0.25, 0.3) is 11.7 Å². The summed E-state index contributed by atoms with van der Waals surface area (Å²) in [5, 5.41) is 35.7. The molecule has 17 heteroatoms. The van der Waals surface area contributed by atoms with Crippen molar-refractivity contribution in [2.75, 3.05) is 27.9 Å². The average molecular weight is 966 g/mol. The number of aliphatic hydroxyl groups is 2. The number of esters is 1. The van der Waals surface area contributed by atoms with Gasteiger partial charge in [-0.15, -0.1) is 10.2 Å². The number of hydrogen-bond donors (Lipinski definition) is 2. The summed E-state index contributed by atoms with van der Waals surface area (Å²) in [6.45, 7) is 12.8. The molecule has 4 heterocycles. The van der Waals surface area contributed by atoms with Gasteiger partial charge in [-0.2, -0.15) is 4.80 Å². The Kier molecular flexibility index (Phi) is 20.8. The largest absolute Gasteiger partial charge is 0.460 e. The molecule has 1 aromatic heterocycles. The van der Waals surface area contributed by atoms with Crippen LogP contribution in [0.2, 0.25) is 0 Å². The van der Waals surface area contributed by atoms with Gasteiger partial charge in [-0.25, -0.2) is 4.79 Å². The van der Waals surface area contributed by atoms with Crippen LogP contribution in [0.1, 0.15) is 132 Å². The summed E-state index contributed by atoms with van der Waals surface area (Å²) in [6, 6.07) is -1.24. The van der Waals surface area contributed by atoms with Gasteiger partial charge in [0.2, 0.25) is 5.79 Å². The number of aromatic nitrogens is 4. The third-order valence-electron chi connectivity index (χ3n) is 15.1. The van der Waals surface area contributed by atoms with Crippen molar-refractivity contribution in [1.29, 1.82) is 0 Å². The molecule has 17 nitrogen and oxygen atoms in total. The Bertz CT molecular complexity index is 2020. The summed E-state index contributed by atoms with van der Waals surface area (Å²) >= 11 is 0. The number of carbonyl (C=O) groups excluding carboxylic acids is 5. The Balaban J connectivity index is 1.46. The standard InChI is InChI=1S/C52H79N5O12/c1-31-16-12-11-13-17-32(2)43(65-8)28-39-21-19-37(7)52(64,69-39)49(61)50(62)56-23-15-14-18-41(56)51(63)68-44(34(4)26-38-20-22-40(45(27-38)66-9)57-54-30-53-55-57)29-42(58)33(3)25-36(6)47(60)48(67-10)46(59)35(5)24-31/h11-13,16-17,25,30-31,33-35,37-41,43-45,47-48,60,64H,14-15,18-24,26-29H2,1-10H3/b13-11?,16-12+,32-17?,36-25+/t31-,33-,34-,35-,37-,38+,39?,40+,41?,43+,44+,45-,47-,48+,52-/m1/s1. The molecule has 3 fully saturated rings. The molecule has 3 aliphatic heterocycles. The summed E-state index contributed by atoms with van der Waals surface area (Å²) < 4.78 is 29.9. The molecule has 1 amide bonds. The fraction of sp³-hybridized carbons (Fsp3) is 0.731. The maximum atomic E-state index is 14.5. The molecule has 15 atom stereocenters. The number of allylic oxidation sites excluding steroid dienone is 6. The number of nitrogens with zero attached hydrogens (tertiary/aromatic N) is 5. The van der Waals surface area contributed by atoms with E-state index >= 15 is 0 Å². The molecule has 384 valence electrons. The molecule has 1 saturated carbocycles. The fourth-order valence-electron chi connectivity index (χ4n) is 10.7. The van der Waals surface area contributed by atoms with Crippen molar-refractivity contribution in [3.8, 4) is 0 Å². The Morgan fingerprint density at radius 1 is 0.884 bits per heavy atom. The summed E-state index contributed by atoms with van der Waals surface area (Å²) in [7, 11) is 4.61. The number of Topliss-reactive ketones (excluding diaryl/α,β-unsaturated/α-hetero) is 3. The van der Waals surface area contributed by atoms with Crippen LogP contribution in [0.15, 0.2) is 53.9 Å². The Morgan fingerprint density at radius 3 is 2.32 bits per heavy atom. The van der Waals surface area contributed by atoms with E-state index in [1.807, 2.05) is 58.1 Å². The Hall–Kier alpha value is -4.26. The van der Waals surface area contributed by atoms with Gasteiger partial charge in [0.05, 0.1) is 24.4 Å². The molecule has 0 aromatic carbocycles. The molecule has 2 bridgehead atoms. The number of fused-ring (bicyclic) bond motifs is 3. The number of methoxy groups -OCH3 is 3. The number of ketones is 3. The smallest absolute Gasteiger partial charge is 0.329 e. The van der Waals surface area contributed by atoms with Crippen LogP contribution in [-0.4, -0.2) is 141 Å². The maximum absolute atomic E-state index is 14.5. The van der Waals surface area contributed by atoms with E-state index < -0.39 is 77.8 Å². The lowest BCUT2D eigenvalue weighted by Gasteiger charge is -2.42. The first kappa shape index (κ1) is 55.7. The van der Waals surface area contributed by atoms with Crippen LogP contribution in [0.5, 0.6) is 0 Å². The third kappa shape index (κ3) is 14.2. The lowest BCUT2D eigenvalue weighted by atomic mass is 9.77. The van der Waals surface area contributed by atoms with E-state index in [2.05, 4.69) is 15.4 Å². The van der Waals surface area contributed by atoms with Crippen LogP contribution in [0.4, 0.5) is 0 Å². The lowest BCUT2D eigenvalue weighted by Crippen LogP contribution is -2.61. The number of amides is 1. The van der Waals surface area contributed by atoms with E-state index in [0.29, 0.717) is 56.9 Å². The maximum Gasteiger partial charge on any atom is 0.329 e. The number of aliphatic hydroxyl groups excluding tert-OH is 1. The highest BCUT2D eigenvalue weighted by Gasteiger charge is 2.53. The first-order chi connectivity index (χ1) is 32.8. The monoisotopic (exact) mass is 966 g/mol. The van der Waals surface area contributed by atoms with Crippen molar-refractivity contribution >= 4 is 29.2 Å². The van der Waals surface area contributed by atoms with Crippen molar-refractivity contribution in [1.82, 2.24) is 25.1 Å². The van der Waals surface area contributed by atoms with Crippen molar-refractivity contribution in [3.05, 3.63) is 53.9 Å². The molecule has 0 spiro atoms. The summed E-state index contributed by atoms with van der Waals surface area (Å²) in [6.07, 6.45) is 13.7. The first-order valence-electron chi connectivity index (χ1n) is 25.0. The van der Waals surface area contributed by atoms with Gasteiger partial charge in [0.15, 0.2) is 12.1 Å². The second-order valence-corrected chi connectivity index (χ2v) is 20.3. The molecular formula is C52H79N5O12. The van der Waals surface area contributed by atoms with Crippen molar-refractivity contribution in [2.45, 2.75) is 180 Å². The van der Waals surface area contributed by atoms with E-state index in [1.165, 1.54) is 18.3 Å². The van der Waals surface area contributed by atoms with Crippen LogP contribution < -0.4 is 0 Å². The van der Waals surface area contributed by atoms with Crippen LogP contribution in [0, 0.1) is 35.5 Å². The van der Waals surface area contributed by atoms with Gasteiger partial charge < -0.3 is 38.8 Å². The van der Waals surface area contributed by atoms with Gasteiger partial charge in [-0.1, -0.05) is 71.1 Å². The quantitative estimate of drug-likeness (QED) is 0.181. The zero-order valence-electron chi connectivity index (χ0n) is 42.5. The van der Waals surface area contributed by atoms with Gasteiger partial charge in [-0.3, -0.25) is 19.2 Å². The molecule has 69 heavy (non-hydrogen) atoms. The topological polar surface area (TPSA) is 219 Å². The van der Waals surface area contributed by atoms with E-state index in [1.54, 1.807) is 45.9 Å². The van der Waals surface area contributed by atoms with Crippen LogP contribution >= 0.6 is 0 Å². The predicted molar refractivity (Wildman–Crippen MR) is 256 cm³/mol. The van der Waals surface area contributed by atoms with Crippen LogP contribution in [-0.2, 0) is 47.7 Å². The normalized spacial score (nSPS) is 37.5. The second kappa shape index (κ2) is 25.7. The zero-order chi connectivity index (χ0) is 50.6. The number of tetrazole rings is 1. The molecule has 2 N–H and O–H groups in total. The SMILES string of the molecule is CO[C@H]1CC2CC[C@@H](C)[C@@](O)(O2)C(=O)C(=O)N2CCCCC2C(=O)O[C@H]([C@H](C)C[C@@H]2CC[C@H](n3ncnn3)[C@H](OC)C2)CC(=O)[C@H](C)/C=C(\C)[C@@H](O)[C@@H](OC)C(=O)[C@H](C)C[C@H](C)/C=C/C=CC=C1C. The second-order valence-electron chi connectivity index (χ2n) is 20.3. The molecule has 1 aliphatic carbocycles. The molecule has 2 saturated heterocycles. The average Bonchev–Trinajstić information content (AvgIpc) is 3.88. The summed E-state index contributed by atoms with van der Waals surface area (Å²) in [5.41, 5.74) is 1.27. The molecule has 2 unspecified atom stereocenters. The minimum atomic E-state index is -2.43. The highest BCUT2D eigenvalue weighted by atomic mass is 16.6. The predicted octanol–water partition coefficient (Wildman–Crippen LogP) is 6.05. The van der Waals surface area contributed by atoms with E-state index in [9.17, 15) is 34.2 Å². The van der Waals surface area contributed by atoms with E-state index in [4.69, 9.17) is 23.7 Å². The lowest BCUT2D eigenvalue weighted by molar-refractivity contribution is -0.265. The van der Waals surface area contributed by atoms with E-state index in [0.717, 1.165) is 18.4 Å². The molecular weight excluding hydrogens is 887 g/mol. The Labute approximate surface area is 408 Å². The third-order valence-corrected chi connectivity index (χ3v) is 15.1. The van der Waals surface area contributed by atoms with Crippen molar-refractivity contribution < 1.29 is 57.9 Å². The van der Waals surface area contributed by atoms with Gasteiger partial charge in [0, 0.05) is 58.5 Å². The highest BCUT2D eigenvalue weighted by Crippen LogP contribution is 2.39. The summed E-state index contributed by atoms with van der Waals surface area (Å²) in [4.78, 5) is 73.9. The molecule has 0 radical (unpaired) electrons. The Morgan fingerprint density at radius 2 is 1.64 bits per heavy atom. The number of piperidine rings is 1. The van der Waals surface area contributed by atoms with E-state index in [-0.39, 0.29) is 60.9 Å². The number of carbonyl (C=O) groups is 5. The van der Waals surface area contributed by atoms with Crippen LogP contribution in [0.25, 0.3) is 0 Å². The van der Waals surface area contributed by atoms with Gasteiger partial charge in [-0.05, 0) is 112 Å². The number of hydrogen-bond acceptors (Lipinski definition) is 15. The number of rotatable bonds is 7. The number of cyclic esters (lactones) is 1. The molecule has 1 aromatic rings. The zero-order valence-corrected chi connectivity index (χ0v) is 42.5. The number of ether oxygens (including phenoxy) is 5. The highest BCUT2D eigenvalue weighted by molar-refractivity contribution is 6.39. The minimum absolute atomic E-state index is 0.0168. The van der Waals surface area contributed by atoms with Crippen LogP contribution in [0.3, 0.4) is 0 Å². The summed E-state index contributed by atoms with van der Waals surface area (Å²) in [5.74, 6) is -7.94. The van der Waals surface area contributed by atoms with Gasteiger partial charge >= 0.3 is 5.97 Å². The van der Waals surface area contributed by atoms with Crippen molar-refractivity contribution in [3.63, 3.8) is 0 Å². The molecule has 5 rings (SSSR count).